The second-order valence-electron chi connectivity index (χ2n) is 6.26. The van der Waals surface area contributed by atoms with Gasteiger partial charge in [0.2, 0.25) is 0 Å². The minimum Gasteiger partial charge on any atom is -0.375 e. The number of aryl methyl sites for hydroxylation is 1. The maximum atomic E-state index is 6.12. The molecule has 1 spiro atoms. The summed E-state index contributed by atoms with van der Waals surface area (Å²) in [5.41, 5.74) is 2.21. The summed E-state index contributed by atoms with van der Waals surface area (Å²) >= 11 is 0. The quantitative estimate of drug-likeness (QED) is 0.846. The van der Waals surface area contributed by atoms with Crippen LogP contribution in [0.1, 0.15) is 37.1 Å². The monoisotopic (exact) mass is 290 g/mol. The Kier molecular flexibility index (Phi) is 4.88. The molecule has 0 bridgehead atoms. The van der Waals surface area contributed by atoms with Crippen molar-refractivity contribution in [1.29, 1.82) is 0 Å². The van der Waals surface area contributed by atoms with Gasteiger partial charge in [-0.3, -0.25) is 4.98 Å². The van der Waals surface area contributed by atoms with Crippen LogP contribution in [0.5, 0.6) is 0 Å². The summed E-state index contributed by atoms with van der Waals surface area (Å²) in [7, 11) is 0. The summed E-state index contributed by atoms with van der Waals surface area (Å²) in [6.07, 6.45) is 4.59. The van der Waals surface area contributed by atoms with Crippen molar-refractivity contribution in [2.75, 3.05) is 26.3 Å². The van der Waals surface area contributed by atoms with E-state index in [0.717, 1.165) is 57.0 Å². The zero-order valence-corrected chi connectivity index (χ0v) is 12.9. The second kappa shape index (κ2) is 6.86. The summed E-state index contributed by atoms with van der Waals surface area (Å²) in [5, 5.41) is 3.43. The van der Waals surface area contributed by atoms with Gasteiger partial charge in [0.05, 0.1) is 17.9 Å². The predicted molar refractivity (Wildman–Crippen MR) is 82.1 cm³/mol. The van der Waals surface area contributed by atoms with E-state index in [-0.39, 0.29) is 5.60 Å². The Morgan fingerprint density at radius 2 is 2.24 bits per heavy atom. The Bertz CT molecular complexity index is 458. The number of ether oxygens (including phenoxy) is 2. The second-order valence-corrected chi connectivity index (χ2v) is 6.26. The third-order valence-electron chi connectivity index (χ3n) is 4.86. The van der Waals surface area contributed by atoms with Gasteiger partial charge in [0, 0.05) is 18.9 Å². The van der Waals surface area contributed by atoms with E-state index in [1.807, 2.05) is 25.1 Å². The van der Waals surface area contributed by atoms with Crippen molar-refractivity contribution >= 4 is 0 Å². The van der Waals surface area contributed by atoms with E-state index >= 15 is 0 Å². The van der Waals surface area contributed by atoms with E-state index in [1.165, 1.54) is 6.42 Å². The van der Waals surface area contributed by atoms with Crippen molar-refractivity contribution in [3.8, 4) is 0 Å². The van der Waals surface area contributed by atoms with E-state index in [1.54, 1.807) is 0 Å². The van der Waals surface area contributed by atoms with Gasteiger partial charge >= 0.3 is 0 Å². The van der Waals surface area contributed by atoms with Crippen molar-refractivity contribution in [2.24, 2.45) is 5.92 Å². The fourth-order valence-corrected chi connectivity index (χ4v) is 3.68. The van der Waals surface area contributed by atoms with Crippen LogP contribution in [0, 0.1) is 12.8 Å². The van der Waals surface area contributed by atoms with Gasteiger partial charge in [0.1, 0.15) is 0 Å². The molecule has 4 heteroatoms. The highest BCUT2D eigenvalue weighted by molar-refractivity contribution is 5.08. The molecule has 4 nitrogen and oxygen atoms in total. The van der Waals surface area contributed by atoms with E-state index < -0.39 is 0 Å². The molecular weight excluding hydrogens is 264 g/mol. The molecule has 3 heterocycles. The predicted octanol–water partition coefficient (Wildman–Crippen LogP) is 2.46. The minimum atomic E-state index is 0.135. The lowest BCUT2D eigenvalue weighted by atomic mass is 9.78. The van der Waals surface area contributed by atoms with Crippen molar-refractivity contribution in [3.63, 3.8) is 0 Å². The SMILES string of the molecule is Cc1cccc(COCC[C@H]2CCOC23CCNCC3)n1. The third-order valence-corrected chi connectivity index (χ3v) is 4.86. The highest BCUT2D eigenvalue weighted by atomic mass is 16.5. The molecule has 1 aromatic heterocycles. The number of hydrogen-bond donors (Lipinski definition) is 1. The molecule has 3 rings (SSSR count). The van der Waals surface area contributed by atoms with Crippen LogP contribution in [-0.4, -0.2) is 36.9 Å². The van der Waals surface area contributed by atoms with Gasteiger partial charge in [-0.05, 0) is 63.7 Å². The first-order valence-corrected chi connectivity index (χ1v) is 8.13. The molecule has 0 amide bonds. The maximum absolute atomic E-state index is 6.12. The molecule has 0 aliphatic carbocycles. The van der Waals surface area contributed by atoms with Gasteiger partial charge in [-0.1, -0.05) is 6.07 Å². The van der Waals surface area contributed by atoms with E-state index in [2.05, 4.69) is 10.3 Å². The van der Waals surface area contributed by atoms with Crippen molar-refractivity contribution in [2.45, 2.75) is 44.8 Å². The Morgan fingerprint density at radius 3 is 3.05 bits per heavy atom. The lowest BCUT2D eigenvalue weighted by Gasteiger charge is -2.38. The van der Waals surface area contributed by atoms with Crippen LogP contribution in [0.3, 0.4) is 0 Å². The minimum absolute atomic E-state index is 0.135. The summed E-state index contributed by atoms with van der Waals surface area (Å²) in [5.74, 6) is 0.657. The van der Waals surface area contributed by atoms with Gasteiger partial charge in [-0.25, -0.2) is 0 Å². The molecule has 2 aliphatic rings. The van der Waals surface area contributed by atoms with Crippen molar-refractivity contribution in [1.82, 2.24) is 10.3 Å². The van der Waals surface area contributed by atoms with Crippen LogP contribution in [0.25, 0.3) is 0 Å². The molecule has 21 heavy (non-hydrogen) atoms. The lowest BCUT2D eigenvalue weighted by molar-refractivity contribution is -0.0516. The molecule has 0 aromatic carbocycles. The van der Waals surface area contributed by atoms with E-state index in [4.69, 9.17) is 9.47 Å². The molecule has 1 atom stereocenters. The lowest BCUT2D eigenvalue weighted by Crippen LogP contribution is -2.46. The Balaban J connectivity index is 1.44. The smallest absolute Gasteiger partial charge is 0.0887 e. The third kappa shape index (κ3) is 3.62. The summed E-state index contributed by atoms with van der Waals surface area (Å²) in [4.78, 5) is 4.47. The van der Waals surface area contributed by atoms with Crippen LogP contribution >= 0.6 is 0 Å². The highest BCUT2D eigenvalue weighted by Gasteiger charge is 2.44. The average molecular weight is 290 g/mol. The number of piperidine rings is 1. The van der Waals surface area contributed by atoms with Crippen molar-refractivity contribution < 1.29 is 9.47 Å². The summed E-state index contributed by atoms with van der Waals surface area (Å²) in [6, 6.07) is 6.08. The van der Waals surface area contributed by atoms with Gasteiger partial charge in [-0.2, -0.15) is 0 Å². The Morgan fingerprint density at radius 1 is 1.38 bits per heavy atom. The standard InChI is InChI=1S/C17H26N2O2/c1-14-3-2-4-16(19-14)13-20-11-5-15-6-12-21-17(15)7-9-18-10-8-17/h2-4,15,18H,5-13H2,1H3/t15-/m0/s1. The van der Waals surface area contributed by atoms with Crippen LogP contribution in [0.15, 0.2) is 18.2 Å². The molecule has 0 radical (unpaired) electrons. The van der Waals surface area contributed by atoms with E-state index in [9.17, 15) is 0 Å². The van der Waals surface area contributed by atoms with Gasteiger partial charge in [0.15, 0.2) is 0 Å². The summed E-state index contributed by atoms with van der Waals surface area (Å²) < 4.78 is 12.0. The number of nitrogens with zero attached hydrogens (tertiary/aromatic N) is 1. The molecule has 2 fully saturated rings. The van der Waals surface area contributed by atoms with Crippen LogP contribution in [-0.2, 0) is 16.1 Å². The van der Waals surface area contributed by atoms with Gasteiger partial charge < -0.3 is 14.8 Å². The number of pyridine rings is 1. The largest absolute Gasteiger partial charge is 0.375 e. The van der Waals surface area contributed by atoms with Crippen LogP contribution < -0.4 is 5.32 Å². The fourth-order valence-electron chi connectivity index (χ4n) is 3.68. The molecule has 2 saturated heterocycles. The zero-order chi connectivity index (χ0) is 14.5. The molecule has 0 saturated carbocycles. The van der Waals surface area contributed by atoms with Crippen LogP contribution in [0.4, 0.5) is 0 Å². The zero-order valence-electron chi connectivity index (χ0n) is 12.9. The molecule has 0 unspecified atom stereocenters. The van der Waals surface area contributed by atoms with E-state index in [0.29, 0.717) is 12.5 Å². The van der Waals surface area contributed by atoms with Gasteiger partial charge in [-0.15, -0.1) is 0 Å². The normalized spacial score (nSPS) is 24.5. The highest BCUT2D eigenvalue weighted by Crippen LogP contribution is 2.40. The molecule has 2 aliphatic heterocycles. The fraction of sp³-hybridized carbons (Fsp3) is 0.706. The number of hydrogen-bond acceptors (Lipinski definition) is 4. The average Bonchev–Trinajstić information content (AvgIpc) is 2.87. The Labute approximate surface area is 127 Å². The first-order chi connectivity index (χ1) is 10.3. The first kappa shape index (κ1) is 14.9. The summed E-state index contributed by atoms with van der Waals surface area (Å²) in [6.45, 7) is 6.53. The molecule has 116 valence electrons. The van der Waals surface area contributed by atoms with Crippen LogP contribution in [0.2, 0.25) is 0 Å². The van der Waals surface area contributed by atoms with Gasteiger partial charge in [0.25, 0.3) is 0 Å². The maximum Gasteiger partial charge on any atom is 0.0887 e. The number of aromatic nitrogens is 1. The number of rotatable bonds is 5. The Hall–Kier alpha value is -0.970. The first-order valence-electron chi connectivity index (χ1n) is 8.13. The number of nitrogens with one attached hydrogen (secondary N) is 1. The molecular formula is C17H26N2O2. The molecule has 1 aromatic rings. The molecule has 1 N–H and O–H groups in total. The topological polar surface area (TPSA) is 43.4 Å². The van der Waals surface area contributed by atoms with Crippen molar-refractivity contribution in [3.05, 3.63) is 29.6 Å².